The average molecular weight is 811 g/mol. The second kappa shape index (κ2) is 15.0. The zero-order valence-electron chi connectivity index (χ0n) is 33.2. The third-order valence-electron chi connectivity index (χ3n) is 11.7. The Kier molecular flexibility index (Phi) is 8.68. The maximum Gasteiger partial charge on any atom is 0.160 e. The lowest BCUT2D eigenvalue weighted by molar-refractivity contribution is 0.669. The van der Waals surface area contributed by atoms with Gasteiger partial charge < -0.3 is 4.42 Å². The summed E-state index contributed by atoms with van der Waals surface area (Å²) in [4.78, 5) is 22.2. The fraction of sp³-hybridized carbons (Fsp3) is 0. The van der Waals surface area contributed by atoms with E-state index in [4.69, 9.17) is 24.4 Å². The Hall–Kier alpha value is -7.93. The highest BCUT2D eigenvalue weighted by Crippen LogP contribution is 2.50. The van der Waals surface area contributed by atoms with Crippen molar-refractivity contribution < 1.29 is 4.42 Å². The molecule has 6 heteroatoms. The van der Waals surface area contributed by atoms with Gasteiger partial charge in [-0.15, -0.1) is 0 Å². The highest BCUT2D eigenvalue weighted by Gasteiger charge is 2.24. The van der Waals surface area contributed by atoms with Crippen LogP contribution in [0.15, 0.2) is 221 Å². The molecule has 0 bridgehead atoms. The quantitative estimate of drug-likeness (QED) is 0.176. The van der Waals surface area contributed by atoms with Crippen molar-refractivity contribution in [1.82, 2.24) is 19.9 Å². The van der Waals surface area contributed by atoms with E-state index in [2.05, 4.69) is 121 Å². The van der Waals surface area contributed by atoms with Gasteiger partial charge in [-0.05, 0) is 80.9 Å². The first kappa shape index (κ1) is 36.0. The summed E-state index contributed by atoms with van der Waals surface area (Å²) in [5, 5.41) is 2.19. The van der Waals surface area contributed by atoms with E-state index < -0.39 is 0 Å². The first-order chi connectivity index (χ1) is 30.7. The van der Waals surface area contributed by atoms with Gasteiger partial charge in [-0.1, -0.05) is 169 Å². The minimum atomic E-state index is 0.625. The van der Waals surface area contributed by atoms with Gasteiger partial charge >= 0.3 is 0 Å². The summed E-state index contributed by atoms with van der Waals surface area (Å²) in [6, 6.07) is 68.1. The smallest absolute Gasteiger partial charge is 0.160 e. The number of fused-ring (bicyclic) bond motifs is 12. The molecule has 8 aromatic carbocycles. The molecule has 1 aliphatic heterocycles. The predicted octanol–water partition coefficient (Wildman–Crippen LogP) is 15.0. The lowest BCUT2D eigenvalue weighted by Gasteiger charge is -2.18. The molecule has 0 saturated carbocycles. The van der Waals surface area contributed by atoms with Crippen molar-refractivity contribution in [2.75, 3.05) is 0 Å². The van der Waals surface area contributed by atoms with Crippen LogP contribution in [0.2, 0.25) is 0 Å². The molecule has 0 fully saturated rings. The summed E-state index contributed by atoms with van der Waals surface area (Å²) in [5.74, 6) is 1.29. The molecule has 0 N–H and O–H groups in total. The molecular weight excluding hydrogens is 777 g/mol. The molecule has 0 spiro atoms. The Labute approximate surface area is 362 Å². The highest BCUT2D eigenvalue weighted by molar-refractivity contribution is 7.99. The van der Waals surface area contributed by atoms with Crippen molar-refractivity contribution in [3.63, 3.8) is 0 Å². The summed E-state index contributed by atoms with van der Waals surface area (Å²) in [6.07, 6.45) is 3.70. The van der Waals surface area contributed by atoms with E-state index in [1.165, 1.54) is 27.1 Å². The SMILES string of the molecule is c1ccc(-c2ncc(-c3cc(-c4ccc5c(c4)-c4cc6oc7ccccc7c6cc4Sc4ccccc4-c4ccccc4-c4ccccc4-5)nc(-c4ccccc4)n3)cn2)cc1. The molecule has 3 aromatic heterocycles. The summed E-state index contributed by atoms with van der Waals surface area (Å²) < 4.78 is 6.62. The molecule has 12 rings (SSSR count). The molecule has 0 unspecified atom stereocenters. The minimum Gasteiger partial charge on any atom is -0.456 e. The van der Waals surface area contributed by atoms with Crippen molar-refractivity contribution >= 4 is 33.7 Å². The Balaban J connectivity index is 1.12. The number of hydrogen-bond donors (Lipinski definition) is 0. The van der Waals surface area contributed by atoms with Gasteiger partial charge in [0.1, 0.15) is 11.2 Å². The van der Waals surface area contributed by atoms with Gasteiger partial charge in [0.25, 0.3) is 0 Å². The maximum atomic E-state index is 6.62. The first-order valence-corrected chi connectivity index (χ1v) is 21.4. The van der Waals surface area contributed by atoms with E-state index in [0.29, 0.717) is 11.6 Å². The molecular formula is C56H34N4OS. The largest absolute Gasteiger partial charge is 0.456 e. The number of nitrogens with zero attached hydrogens (tertiary/aromatic N) is 4. The summed E-state index contributed by atoms with van der Waals surface area (Å²) in [5.41, 5.74) is 16.1. The summed E-state index contributed by atoms with van der Waals surface area (Å²) >= 11 is 1.80. The van der Waals surface area contributed by atoms with Crippen LogP contribution in [0.5, 0.6) is 0 Å². The summed E-state index contributed by atoms with van der Waals surface area (Å²) in [6.45, 7) is 0. The van der Waals surface area contributed by atoms with E-state index in [1.807, 2.05) is 85.2 Å². The monoisotopic (exact) mass is 810 g/mol. The van der Waals surface area contributed by atoms with E-state index in [-0.39, 0.29) is 0 Å². The molecule has 4 heterocycles. The molecule has 5 nitrogen and oxygen atoms in total. The fourth-order valence-electron chi connectivity index (χ4n) is 8.67. The van der Waals surface area contributed by atoms with Crippen LogP contribution in [-0.2, 0) is 0 Å². The molecule has 0 aliphatic carbocycles. The molecule has 11 aromatic rings. The third-order valence-corrected chi connectivity index (χ3v) is 12.8. The second-order valence-electron chi connectivity index (χ2n) is 15.4. The van der Waals surface area contributed by atoms with Crippen molar-refractivity contribution in [2.24, 2.45) is 0 Å². The Morgan fingerprint density at radius 2 is 0.871 bits per heavy atom. The standard InChI is InChI=1S/C56H34N4OS/c1-3-15-35(16-4-1)55-57-33-38(34-58-55)50-32-49(59-56(60-50)36-17-5-2-6-18-36)37-27-28-43-41-21-8-7-19-39(41)40-20-9-10-22-42(40)45-24-12-14-26-53(45)62-54-31-47-44-23-11-13-25-51(44)61-52(47)30-48(54)46(43)29-37/h1-34H. The number of para-hydroxylation sites is 1. The molecule has 0 atom stereocenters. The van der Waals surface area contributed by atoms with E-state index in [9.17, 15) is 0 Å². The van der Waals surface area contributed by atoms with Crippen molar-refractivity contribution in [3.8, 4) is 89.8 Å². The molecule has 0 saturated heterocycles. The van der Waals surface area contributed by atoms with Crippen LogP contribution < -0.4 is 0 Å². The Morgan fingerprint density at radius 3 is 1.56 bits per heavy atom. The third kappa shape index (κ3) is 6.28. The van der Waals surface area contributed by atoms with Crippen molar-refractivity contribution in [1.29, 1.82) is 0 Å². The van der Waals surface area contributed by atoms with Gasteiger partial charge in [0.15, 0.2) is 11.6 Å². The zero-order chi connectivity index (χ0) is 41.0. The van der Waals surface area contributed by atoms with Gasteiger partial charge in [-0.2, -0.15) is 0 Å². The normalized spacial score (nSPS) is 11.8. The molecule has 1 aliphatic rings. The minimum absolute atomic E-state index is 0.625. The van der Waals surface area contributed by atoms with Crippen LogP contribution in [0, 0.1) is 0 Å². The summed E-state index contributed by atoms with van der Waals surface area (Å²) in [7, 11) is 0. The first-order valence-electron chi connectivity index (χ1n) is 20.6. The predicted molar refractivity (Wildman–Crippen MR) is 253 cm³/mol. The number of aromatic nitrogens is 4. The van der Waals surface area contributed by atoms with Crippen molar-refractivity contribution in [3.05, 3.63) is 207 Å². The molecule has 0 amide bonds. The Bertz CT molecular complexity index is 3490. The fourth-order valence-corrected chi connectivity index (χ4v) is 9.79. The second-order valence-corrected chi connectivity index (χ2v) is 16.5. The topological polar surface area (TPSA) is 64.7 Å². The zero-order valence-corrected chi connectivity index (χ0v) is 34.1. The Morgan fingerprint density at radius 1 is 0.323 bits per heavy atom. The number of furan rings is 1. The molecule has 290 valence electrons. The van der Waals surface area contributed by atoms with Crippen molar-refractivity contribution in [2.45, 2.75) is 9.79 Å². The molecule has 0 radical (unpaired) electrons. The van der Waals surface area contributed by atoms with Gasteiger partial charge in [0, 0.05) is 55.2 Å². The number of rotatable bonds is 4. The van der Waals surface area contributed by atoms with Gasteiger partial charge in [-0.25, -0.2) is 19.9 Å². The van der Waals surface area contributed by atoms with Crippen LogP contribution in [0.4, 0.5) is 0 Å². The average Bonchev–Trinajstić information content (AvgIpc) is 3.71. The molecule has 62 heavy (non-hydrogen) atoms. The lowest BCUT2D eigenvalue weighted by Crippen LogP contribution is -1.98. The van der Waals surface area contributed by atoms with E-state index in [1.54, 1.807) is 11.8 Å². The maximum absolute atomic E-state index is 6.62. The lowest BCUT2D eigenvalue weighted by atomic mass is 9.85. The van der Waals surface area contributed by atoms with Crippen LogP contribution in [-0.4, -0.2) is 19.9 Å². The van der Waals surface area contributed by atoms with Gasteiger partial charge in [0.05, 0.1) is 11.4 Å². The van der Waals surface area contributed by atoms with E-state index >= 15 is 0 Å². The van der Waals surface area contributed by atoms with Gasteiger partial charge in [-0.3, -0.25) is 0 Å². The highest BCUT2D eigenvalue weighted by atomic mass is 32.2. The number of benzene rings is 8. The van der Waals surface area contributed by atoms with Crippen LogP contribution in [0.25, 0.3) is 112 Å². The van der Waals surface area contributed by atoms with Gasteiger partial charge in [0.2, 0.25) is 0 Å². The van der Waals surface area contributed by atoms with Crippen LogP contribution in [0.1, 0.15) is 0 Å². The number of hydrogen-bond acceptors (Lipinski definition) is 6. The van der Waals surface area contributed by atoms with Crippen LogP contribution >= 0.6 is 11.8 Å². The van der Waals surface area contributed by atoms with E-state index in [0.717, 1.165) is 82.7 Å². The van der Waals surface area contributed by atoms with Crippen LogP contribution in [0.3, 0.4) is 0 Å².